The second kappa shape index (κ2) is 4.86. The third-order valence-electron chi connectivity index (χ3n) is 1.97. The molecule has 0 aromatic heterocycles. The molecule has 1 saturated heterocycles. The van der Waals surface area contributed by atoms with E-state index in [0.29, 0.717) is 13.1 Å². The van der Waals surface area contributed by atoms with Gasteiger partial charge in [0.1, 0.15) is 6.10 Å². The van der Waals surface area contributed by atoms with Crippen molar-refractivity contribution in [3.8, 4) is 0 Å². The summed E-state index contributed by atoms with van der Waals surface area (Å²) in [6, 6.07) is -0.144. The average Bonchev–Trinajstić information content (AvgIpc) is 2.42. The fourth-order valence-corrected chi connectivity index (χ4v) is 1.28. The van der Waals surface area contributed by atoms with Crippen LogP contribution in [0.3, 0.4) is 0 Å². The smallest absolute Gasteiger partial charge is 0.410 e. The Morgan fingerprint density at radius 1 is 1.67 bits per heavy atom. The minimum absolute atomic E-state index is 0.0961. The van der Waals surface area contributed by atoms with E-state index in [1.165, 1.54) is 4.90 Å². The fourth-order valence-electron chi connectivity index (χ4n) is 1.28. The van der Waals surface area contributed by atoms with E-state index in [0.717, 1.165) is 0 Å². The molecule has 2 N–H and O–H groups in total. The number of hydrogen-bond acceptors (Lipinski definition) is 3. The lowest BCUT2D eigenvalue weighted by atomic mass is 10.3. The highest BCUT2D eigenvalue weighted by Gasteiger charge is 2.28. The first-order valence-electron chi connectivity index (χ1n) is 4.95. The molecule has 1 rings (SSSR count). The van der Waals surface area contributed by atoms with Crippen molar-refractivity contribution in [1.82, 2.24) is 15.5 Å². The van der Waals surface area contributed by atoms with Crippen molar-refractivity contribution >= 4 is 12.1 Å². The molecule has 0 radical (unpaired) electrons. The summed E-state index contributed by atoms with van der Waals surface area (Å²) < 4.78 is 4.97. The minimum Gasteiger partial charge on any atom is -0.442 e. The number of nitrogens with one attached hydrogen (secondary N) is 2. The molecule has 6 heteroatoms. The molecule has 1 atom stereocenters. The number of cyclic esters (lactones) is 1. The molecular formula is C9H17N3O3. The summed E-state index contributed by atoms with van der Waals surface area (Å²) >= 11 is 0. The van der Waals surface area contributed by atoms with Crippen LogP contribution in [0.15, 0.2) is 0 Å². The summed E-state index contributed by atoms with van der Waals surface area (Å²) in [7, 11) is 1.66. The first-order chi connectivity index (χ1) is 6.99. The Hall–Kier alpha value is -1.46. The van der Waals surface area contributed by atoms with Crippen molar-refractivity contribution in [3.05, 3.63) is 0 Å². The molecule has 1 heterocycles. The molecule has 0 spiro atoms. The normalized spacial score (nSPS) is 20.4. The van der Waals surface area contributed by atoms with Gasteiger partial charge < -0.3 is 20.3 Å². The van der Waals surface area contributed by atoms with E-state index in [-0.39, 0.29) is 24.3 Å². The Bertz CT molecular complexity index is 255. The second-order valence-corrected chi connectivity index (χ2v) is 3.90. The van der Waals surface area contributed by atoms with Gasteiger partial charge in [-0.2, -0.15) is 0 Å². The standard InChI is InChI=1S/C9H17N3O3/c1-6(2)11-8(13)10-4-7-5-12(3)9(14)15-7/h6-7H,4-5H2,1-3H3,(H2,10,11,13). The highest BCUT2D eigenvalue weighted by atomic mass is 16.6. The largest absolute Gasteiger partial charge is 0.442 e. The number of carbonyl (C=O) groups is 2. The summed E-state index contributed by atoms with van der Waals surface area (Å²) in [4.78, 5) is 23.7. The fraction of sp³-hybridized carbons (Fsp3) is 0.778. The number of nitrogens with zero attached hydrogens (tertiary/aromatic N) is 1. The molecule has 1 aliphatic rings. The molecular weight excluding hydrogens is 198 g/mol. The van der Waals surface area contributed by atoms with E-state index >= 15 is 0 Å². The lowest BCUT2D eigenvalue weighted by molar-refractivity contribution is 0.133. The number of likely N-dealkylation sites (N-methyl/N-ethyl adjacent to an activating group) is 1. The number of carbonyl (C=O) groups excluding carboxylic acids is 2. The van der Waals surface area contributed by atoms with Gasteiger partial charge in [-0.1, -0.05) is 0 Å². The monoisotopic (exact) mass is 215 g/mol. The molecule has 1 fully saturated rings. The predicted octanol–water partition coefficient (Wildman–Crippen LogP) is 0.145. The van der Waals surface area contributed by atoms with Crippen LogP contribution in [0, 0.1) is 0 Å². The Labute approximate surface area is 88.9 Å². The maximum atomic E-state index is 11.2. The van der Waals surface area contributed by atoms with Crippen LogP contribution in [0.1, 0.15) is 13.8 Å². The van der Waals surface area contributed by atoms with Crippen LogP contribution in [0.4, 0.5) is 9.59 Å². The van der Waals surface area contributed by atoms with E-state index in [2.05, 4.69) is 10.6 Å². The molecule has 0 bridgehead atoms. The molecule has 1 aliphatic heterocycles. The number of urea groups is 1. The first kappa shape index (κ1) is 11.6. The predicted molar refractivity (Wildman–Crippen MR) is 54.6 cm³/mol. The lowest BCUT2D eigenvalue weighted by Gasteiger charge is -2.12. The number of rotatable bonds is 3. The van der Waals surface area contributed by atoms with E-state index in [4.69, 9.17) is 4.74 Å². The van der Waals surface area contributed by atoms with Crippen molar-refractivity contribution in [2.24, 2.45) is 0 Å². The van der Waals surface area contributed by atoms with E-state index in [9.17, 15) is 9.59 Å². The quantitative estimate of drug-likeness (QED) is 0.703. The molecule has 6 nitrogen and oxygen atoms in total. The Kier molecular flexibility index (Phi) is 3.76. The zero-order valence-electron chi connectivity index (χ0n) is 9.24. The molecule has 0 saturated carbocycles. The van der Waals surface area contributed by atoms with Crippen LogP contribution in [0.5, 0.6) is 0 Å². The third kappa shape index (κ3) is 3.65. The zero-order chi connectivity index (χ0) is 11.4. The maximum absolute atomic E-state index is 11.2. The molecule has 3 amide bonds. The van der Waals surface area contributed by atoms with Crippen LogP contribution in [-0.4, -0.2) is 49.3 Å². The zero-order valence-corrected chi connectivity index (χ0v) is 9.24. The summed E-state index contributed by atoms with van der Waals surface area (Å²) in [5, 5.41) is 5.33. The van der Waals surface area contributed by atoms with Gasteiger partial charge in [0.25, 0.3) is 0 Å². The van der Waals surface area contributed by atoms with Gasteiger partial charge in [0.2, 0.25) is 0 Å². The number of hydrogen-bond donors (Lipinski definition) is 2. The maximum Gasteiger partial charge on any atom is 0.410 e. The molecule has 15 heavy (non-hydrogen) atoms. The second-order valence-electron chi connectivity index (χ2n) is 3.90. The highest BCUT2D eigenvalue weighted by Crippen LogP contribution is 2.07. The van der Waals surface area contributed by atoms with Crippen molar-refractivity contribution in [3.63, 3.8) is 0 Å². The van der Waals surface area contributed by atoms with Crippen molar-refractivity contribution < 1.29 is 14.3 Å². The summed E-state index contributed by atoms with van der Waals surface area (Å²) in [5.41, 5.74) is 0. The Morgan fingerprint density at radius 3 is 2.80 bits per heavy atom. The Balaban J connectivity index is 2.21. The number of ether oxygens (including phenoxy) is 1. The minimum atomic E-state index is -0.342. The van der Waals surface area contributed by atoms with Gasteiger partial charge in [0.05, 0.1) is 13.1 Å². The van der Waals surface area contributed by atoms with Crippen LogP contribution >= 0.6 is 0 Å². The van der Waals surface area contributed by atoms with Gasteiger partial charge in [0, 0.05) is 13.1 Å². The van der Waals surface area contributed by atoms with Gasteiger partial charge in [-0.05, 0) is 13.8 Å². The van der Waals surface area contributed by atoms with Crippen molar-refractivity contribution in [2.45, 2.75) is 26.0 Å². The van der Waals surface area contributed by atoms with Crippen LogP contribution in [-0.2, 0) is 4.74 Å². The van der Waals surface area contributed by atoms with E-state index in [1.807, 2.05) is 13.8 Å². The molecule has 0 aromatic carbocycles. The average molecular weight is 215 g/mol. The van der Waals surface area contributed by atoms with Crippen LogP contribution < -0.4 is 10.6 Å². The molecule has 1 unspecified atom stereocenters. The van der Waals surface area contributed by atoms with Crippen LogP contribution in [0.2, 0.25) is 0 Å². The van der Waals surface area contributed by atoms with Gasteiger partial charge in [-0.25, -0.2) is 9.59 Å². The SMILES string of the molecule is CC(C)NC(=O)NCC1CN(C)C(=O)O1. The first-order valence-corrected chi connectivity index (χ1v) is 4.95. The van der Waals surface area contributed by atoms with E-state index < -0.39 is 0 Å². The van der Waals surface area contributed by atoms with Gasteiger partial charge in [-0.3, -0.25) is 0 Å². The van der Waals surface area contributed by atoms with Crippen LogP contribution in [0.25, 0.3) is 0 Å². The summed E-state index contributed by atoms with van der Waals surface area (Å²) in [5.74, 6) is 0. The lowest BCUT2D eigenvalue weighted by Crippen LogP contribution is -2.43. The van der Waals surface area contributed by atoms with Gasteiger partial charge in [0.15, 0.2) is 0 Å². The highest BCUT2D eigenvalue weighted by molar-refractivity contribution is 5.74. The van der Waals surface area contributed by atoms with Crippen molar-refractivity contribution in [2.75, 3.05) is 20.1 Å². The molecule has 0 aliphatic carbocycles. The third-order valence-corrected chi connectivity index (χ3v) is 1.97. The Morgan fingerprint density at radius 2 is 2.33 bits per heavy atom. The summed E-state index contributed by atoms with van der Waals surface area (Å²) in [6.45, 7) is 4.61. The van der Waals surface area contributed by atoms with Crippen molar-refractivity contribution in [1.29, 1.82) is 0 Å². The topological polar surface area (TPSA) is 70.7 Å². The van der Waals surface area contributed by atoms with Gasteiger partial charge >= 0.3 is 12.1 Å². The van der Waals surface area contributed by atoms with E-state index in [1.54, 1.807) is 7.05 Å². The molecule has 86 valence electrons. The van der Waals surface area contributed by atoms with Gasteiger partial charge in [-0.15, -0.1) is 0 Å². The number of amides is 3. The molecule has 0 aromatic rings. The summed E-state index contributed by atoms with van der Waals surface area (Å²) in [6.07, 6.45) is -0.591.